The summed E-state index contributed by atoms with van der Waals surface area (Å²) in [4.78, 5) is 2.32. The number of hydrogen-bond acceptors (Lipinski definition) is 1. The van der Waals surface area contributed by atoms with Gasteiger partial charge in [0.05, 0.1) is 0 Å². The third kappa shape index (κ3) is 1.98. The maximum absolute atomic E-state index is 3.84. The highest BCUT2D eigenvalue weighted by molar-refractivity contribution is 5.20. The van der Waals surface area contributed by atoms with E-state index in [0.29, 0.717) is 5.92 Å². The van der Waals surface area contributed by atoms with E-state index < -0.39 is 0 Å². The van der Waals surface area contributed by atoms with Crippen LogP contribution in [0, 0.1) is 0 Å². The lowest BCUT2D eigenvalue weighted by atomic mass is 9.91. The lowest BCUT2D eigenvalue weighted by molar-refractivity contribution is 0.280. The maximum Gasteiger partial charge on any atom is 0.0241 e. The Hall–Kier alpha value is -1.24. The van der Waals surface area contributed by atoms with Crippen molar-refractivity contribution < 1.29 is 0 Å². The van der Waals surface area contributed by atoms with Gasteiger partial charge >= 0.3 is 0 Å². The Bertz CT molecular complexity index is 291. The van der Waals surface area contributed by atoms with Crippen LogP contribution >= 0.6 is 0 Å². The second kappa shape index (κ2) is 4.32. The van der Waals surface area contributed by atoms with E-state index in [1.807, 2.05) is 6.20 Å². The van der Waals surface area contributed by atoms with Gasteiger partial charge in [-0.05, 0) is 24.6 Å². The summed E-state index contributed by atoms with van der Waals surface area (Å²) in [5, 5.41) is 0. The largest absolute Gasteiger partial charge is 0.377 e. The Balaban J connectivity index is 2.08. The van der Waals surface area contributed by atoms with Crippen molar-refractivity contribution in [3.05, 3.63) is 48.7 Å². The molecule has 0 N–H and O–H groups in total. The molecule has 1 unspecified atom stereocenters. The van der Waals surface area contributed by atoms with Crippen LogP contribution in [0.2, 0.25) is 0 Å². The number of likely N-dealkylation sites (tertiary alicyclic amines) is 1. The van der Waals surface area contributed by atoms with Gasteiger partial charge in [0.2, 0.25) is 0 Å². The van der Waals surface area contributed by atoms with Gasteiger partial charge in [-0.1, -0.05) is 36.9 Å². The first-order valence-corrected chi connectivity index (χ1v) is 5.31. The zero-order valence-corrected chi connectivity index (χ0v) is 8.52. The van der Waals surface area contributed by atoms with Crippen LogP contribution in [0.3, 0.4) is 0 Å². The molecule has 74 valence electrons. The molecule has 1 aromatic carbocycles. The molecule has 1 fully saturated rings. The monoisotopic (exact) mass is 187 g/mol. The number of nitrogens with zero attached hydrogens (tertiary/aromatic N) is 1. The quantitative estimate of drug-likeness (QED) is 0.688. The lowest BCUT2D eigenvalue weighted by Crippen LogP contribution is -2.29. The molecule has 1 heteroatoms. The van der Waals surface area contributed by atoms with Crippen molar-refractivity contribution in [2.45, 2.75) is 18.8 Å². The Morgan fingerprint density at radius 2 is 2.07 bits per heavy atom. The fourth-order valence-corrected chi connectivity index (χ4v) is 2.17. The van der Waals surface area contributed by atoms with Gasteiger partial charge in [-0.3, -0.25) is 0 Å². The van der Waals surface area contributed by atoms with E-state index in [1.165, 1.54) is 24.9 Å². The highest BCUT2D eigenvalue weighted by Gasteiger charge is 2.18. The second-order valence-electron chi connectivity index (χ2n) is 3.93. The fraction of sp³-hybridized carbons (Fsp3) is 0.385. The summed E-state index contributed by atoms with van der Waals surface area (Å²) in [7, 11) is 0. The highest BCUT2D eigenvalue weighted by atomic mass is 15.1. The average molecular weight is 187 g/mol. The molecular weight excluding hydrogens is 170 g/mol. The zero-order chi connectivity index (χ0) is 9.80. The van der Waals surface area contributed by atoms with E-state index in [1.54, 1.807) is 0 Å². The first-order chi connectivity index (χ1) is 6.90. The average Bonchev–Trinajstić information content (AvgIpc) is 2.30. The summed E-state index contributed by atoms with van der Waals surface area (Å²) in [6.07, 6.45) is 4.56. The summed E-state index contributed by atoms with van der Waals surface area (Å²) >= 11 is 0. The number of rotatable bonds is 2. The molecule has 1 atom stereocenters. The summed E-state index contributed by atoms with van der Waals surface area (Å²) in [5.41, 5.74) is 1.47. The van der Waals surface area contributed by atoms with E-state index in [4.69, 9.17) is 0 Å². The van der Waals surface area contributed by atoms with Crippen molar-refractivity contribution in [1.29, 1.82) is 0 Å². The molecule has 1 nitrogen and oxygen atoms in total. The van der Waals surface area contributed by atoms with Gasteiger partial charge in [-0.15, -0.1) is 0 Å². The molecule has 0 spiro atoms. The Kier molecular flexibility index (Phi) is 2.87. The first kappa shape index (κ1) is 9.32. The highest BCUT2D eigenvalue weighted by Crippen LogP contribution is 2.26. The molecule has 0 amide bonds. The zero-order valence-electron chi connectivity index (χ0n) is 8.52. The summed E-state index contributed by atoms with van der Waals surface area (Å²) in [5.74, 6) is 0.697. The predicted octanol–water partition coefficient (Wildman–Crippen LogP) is 3.01. The van der Waals surface area contributed by atoms with E-state index in [-0.39, 0.29) is 0 Å². The molecule has 1 aliphatic heterocycles. The van der Waals surface area contributed by atoms with Gasteiger partial charge in [-0.25, -0.2) is 0 Å². The van der Waals surface area contributed by atoms with Crippen molar-refractivity contribution >= 4 is 0 Å². The van der Waals surface area contributed by atoms with Crippen LogP contribution in [0.4, 0.5) is 0 Å². The van der Waals surface area contributed by atoms with E-state index in [9.17, 15) is 0 Å². The fourth-order valence-electron chi connectivity index (χ4n) is 2.17. The third-order valence-electron chi connectivity index (χ3n) is 2.98. The smallest absolute Gasteiger partial charge is 0.0241 e. The van der Waals surface area contributed by atoms with Crippen LogP contribution in [0.5, 0.6) is 0 Å². The standard InChI is InChI=1S/C13H17N/c1-2-14-10-6-9-13(11-14)12-7-4-3-5-8-12/h2-5,7-8,13H,1,6,9-11H2. The number of benzene rings is 1. The topological polar surface area (TPSA) is 3.24 Å². The maximum atomic E-state index is 3.84. The predicted molar refractivity (Wildman–Crippen MR) is 60.2 cm³/mol. The Labute approximate surface area is 86.1 Å². The van der Waals surface area contributed by atoms with Crippen molar-refractivity contribution in [2.75, 3.05) is 13.1 Å². The van der Waals surface area contributed by atoms with Gasteiger partial charge in [0.1, 0.15) is 0 Å². The van der Waals surface area contributed by atoms with E-state index >= 15 is 0 Å². The molecule has 0 radical (unpaired) electrons. The minimum absolute atomic E-state index is 0.697. The normalized spacial score (nSPS) is 22.0. The van der Waals surface area contributed by atoms with Crippen LogP contribution in [0.25, 0.3) is 0 Å². The molecule has 1 heterocycles. The van der Waals surface area contributed by atoms with Gasteiger partial charge in [0.25, 0.3) is 0 Å². The summed E-state index contributed by atoms with van der Waals surface area (Å²) < 4.78 is 0. The minimum atomic E-state index is 0.697. The van der Waals surface area contributed by atoms with Crippen molar-refractivity contribution in [1.82, 2.24) is 4.90 Å². The lowest BCUT2D eigenvalue weighted by Gasteiger charge is -2.31. The third-order valence-corrected chi connectivity index (χ3v) is 2.98. The molecule has 1 aromatic rings. The summed E-state index contributed by atoms with van der Waals surface area (Å²) in [6.45, 7) is 6.14. The van der Waals surface area contributed by atoms with Crippen LogP contribution < -0.4 is 0 Å². The molecule has 1 saturated heterocycles. The summed E-state index contributed by atoms with van der Waals surface area (Å²) in [6, 6.07) is 10.8. The van der Waals surface area contributed by atoms with E-state index in [0.717, 1.165) is 6.54 Å². The number of piperidine rings is 1. The Morgan fingerprint density at radius 3 is 2.79 bits per heavy atom. The molecule has 0 saturated carbocycles. The molecule has 0 bridgehead atoms. The van der Waals surface area contributed by atoms with E-state index in [2.05, 4.69) is 41.8 Å². The molecular formula is C13H17N. The van der Waals surface area contributed by atoms with Crippen LogP contribution in [0.1, 0.15) is 24.3 Å². The molecule has 0 aromatic heterocycles. The molecule has 2 rings (SSSR count). The van der Waals surface area contributed by atoms with Crippen LogP contribution in [-0.4, -0.2) is 18.0 Å². The van der Waals surface area contributed by atoms with Gasteiger partial charge in [-0.2, -0.15) is 0 Å². The van der Waals surface area contributed by atoms with Gasteiger partial charge < -0.3 is 4.90 Å². The van der Waals surface area contributed by atoms with Crippen molar-refractivity contribution in [2.24, 2.45) is 0 Å². The van der Waals surface area contributed by atoms with Gasteiger partial charge in [0, 0.05) is 19.0 Å². The van der Waals surface area contributed by atoms with Crippen molar-refractivity contribution in [3.63, 3.8) is 0 Å². The van der Waals surface area contributed by atoms with Crippen molar-refractivity contribution in [3.8, 4) is 0 Å². The first-order valence-electron chi connectivity index (χ1n) is 5.31. The SMILES string of the molecule is C=CN1CCCC(c2ccccc2)C1. The second-order valence-corrected chi connectivity index (χ2v) is 3.93. The van der Waals surface area contributed by atoms with Crippen LogP contribution in [-0.2, 0) is 0 Å². The molecule has 0 aliphatic carbocycles. The van der Waals surface area contributed by atoms with Crippen LogP contribution in [0.15, 0.2) is 43.1 Å². The molecule has 1 aliphatic rings. The van der Waals surface area contributed by atoms with Gasteiger partial charge in [0.15, 0.2) is 0 Å². The molecule has 14 heavy (non-hydrogen) atoms. The number of hydrogen-bond donors (Lipinski definition) is 0. The Morgan fingerprint density at radius 1 is 1.29 bits per heavy atom. The minimum Gasteiger partial charge on any atom is -0.377 e.